The molecule has 17 heavy (non-hydrogen) atoms. The lowest BCUT2D eigenvalue weighted by molar-refractivity contribution is -0.122. The van der Waals surface area contributed by atoms with Crippen molar-refractivity contribution in [2.45, 2.75) is 13.8 Å². The molecule has 92 valence electrons. The van der Waals surface area contributed by atoms with Crippen molar-refractivity contribution < 1.29 is 14.7 Å². The first kappa shape index (κ1) is 13.5. The number of anilines is 1. The van der Waals surface area contributed by atoms with Crippen LogP contribution in [0.25, 0.3) is 0 Å². The lowest BCUT2D eigenvalue weighted by Gasteiger charge is -2.20. The molecule has 0 saturated heterocycles. The van der Waals surface area contributed by atoms with E-state index in [0.29, 0.717) is 5.69 Å². The van der Waals surface area contributed by atoms with E-state index < -0.39 is 11.4 Å². The van der Waals surface area contributed by atoms with Crippen LogP contribution in [0.15, 0.2) is 24.3 Å². The number of carboxylic acid groups (broad SMARTS) is 1. The summed E-state index contributed by atoms with van der Waals surface area (Å²) in [5.74, 6) is -1.08. The van der Waals surface area contributed by atoms with Gasteiger partial charge in [0.2, 0.25) is 5.91 Å². The topological polar surface area (TPSA) is 66.4 Å². The van der Waals surface area contributed by atoms with Gasteiger partial charge in [-0.3, -0.25) is 4.79 Å². The minimum absolute atomic E-state index is 0.131. The zero-order valence-electron chi connectivity index (χ0n) is 9.66. The highest BCUT2D eigenvalue weighted by Gasteiger charge is 2.26. The third-order valence-electron chi connectivity index (χ3n) is 2.32. The molecule has 1 rings (SSSR count). The summed E-state index contributed by atoms with van der Waals surface area (Å²) in [4.78, 5) is 22.6. The van der Waals surface area contributed by atoms with Crippen LogP contribution in [-0.4, -0.2) is 22.9 Å². The van der Waals surface area contributed by atoms with Crippen molar-refractivity contribution >= 4 is 29.2 Å². The van der Waals surface area contributed by atoms with E-state index in [0.717, 1.165) is 0 Å². The van der Waals surface area contributed by atoms with Crippen LogP contribution in [0.5, 0.6) is 0 Å². The van der Waals surface area contributed by atoms with Gasteiger partial charge in [0.1, 0.15) is 0 Å². The van der Waals surface area contributed by atoms with Gasteiger partial charge in [-0.1, -0.05) is 6.07 Å². The zero-order valence-corrected chi connectivity index (χ0v) is 10.4. The van der Waals surface area contributed by atoms with Crippen LogP contribution in [-0.2, 0) is 4.79 Å². The van der Waals surface area contributed by atoms with E-state index in [9.17, 15) is 9.59 Å². The van der Waals surface area contributed by atoms with Crippen molar-refractivity contribution in [3.05, 3.63) is 29.8 Å². The molecule has 0 heterocycles. The van der Waals surface area contributed by atoms with Crippen molar-refractivity contribution in [1.29, 1.82) is 0 Å². The summed E-state index contributed by atoms with van der Waals surface area (Å²) in [7, 11) is 0. The first-order chi connectivity index (χ1) is 7.86. The Labute approximate surface area is 105 Å². The molecule has 0 aromatic heterocycles. The second-order valence-electron chi connectivity index (χ2n) is 4.36. The van der Waals surface area contributed by atoms with Gasteiger partial charge in [-0.25, -0.2) is 4.79 Å². The van der Waals surface area contributed by atoms with Crippen LogP contribution >= 0.6 is 11.6 Å². The number of rotatable bonds is 4. The van der Waals surface area contributed by atoms with E-state index >= 15 is 0 Å². The maximum atomic E-state index is 11.8. The van der Waals surface area contributed by atoms with Crippen LogP contribution < -0.4 is 5.32 Å². The second kappa shape index (κ2) is 5.19. The summed E-state index contributed by atoms with van der Waals surface area (Å²) < 4.78 is 0. The summed E-state index contributed by atoms with van der Waals surface area (Å²) in [6.45, 7) is 3.44. The van der Waals surface area contributed by atoms with E-state index in [1.54, 1.807) is 26.0 Å². The fraction of sp³-hybridized carbons (Fsp3) is 0.333. The van der Waals surface area contributed by atoms with Gasteiger partial charge in [0.15, 0.2) is 0 Å². The first-order valence-electron chi connectivity index (χ1n) is 5.07. The number of aromatic carboxylic acids is 1. The van der Waals surface area contributed by atoms with Crippen LogP contribution in [0.3, 0.4) is 0 Å². The highest BCUT2D eigenvalue weighted by atomic mass is 35.5. The molecule has 0 aliphatic heterocycles. The molecule has 0 atom stereocenters. The summed E-state index contributed by atoms with van der Waals surface area (Å²) in [5.41, 5.74) is -0.111. The average Bonchev–Trinajstić information content (AvgIpc) is 2.29. The van der Waals surface area contributed by atoms with E-state index in [4.69, 9.17) is 16.7 Å². The fourth-order valence-corrected chi connectivity index (χ4v) is 1.21. The van der Waals surface area contributed by atoms with Crippen molar-refractivity contribution in [3.8, 4) is 0 Å². The number of benzene rings is 1. The Morgan fingerprint density at radius 1 is 1.41 bits per heavy atom. The average molecular weight is 256 g/mol. The number of halogens is 1. The van der Waals surface area contributed by atoms with Crippen molar-refractivity contribution in [1.82, 2.24) is 0 Å². The van der Waals surface area contributed by atoms with Gasteiger partial charge in [-0.2, -0.15) is 0 Å². The molecule has 1 aromatic rings. The highest BCUT2D eigenvalue weighted by molar-refractivity contribution is 6.20. The van der Waals surface area contributed by atoms with E-state index in [1.807, 2.05) is 0 Å². The zero-order chi connectivity index (χ0) is 13.1. The largest absolute Gasteiger partial charge is 0.478 e. The Morgan fingerprint density at radius 3 is 2.59 bits per heavy atom. The van der Waals surface area contributed by atoms with Crippen LogP contribution in [0.4, 0.5) is 5.69 Å². The van der Waals surface area contributed by atoms with Crippen molar-refractivity contribution in [2.24, 2.45) is 5.41 Å². The van der Waals surface area contributed by atoms with Crippen LogP contribution in [0, 0.1) is 5.41 Å². The van der Waals surface area contributed by atoms with Crippen molar-refractivity contribution in [2.75, 3.05) is 11.2 Å². The van der Waals surface area contributed by atoms with Gasteiger partial charge in [0.25, 0.3) is 0 Å². The summed E-state index contributed by atoms with van der Waals surface area (Å²) >= 11 is 5.68. The Morgan fingerprint density at radius 2 is 2.06 bits per heavy atom. The van der Waals surface area contributed by atoms with E-state index in [1.165, 1.54) is 12.1 Å². The molecule has 0 spiro atoms. The Kier molecular flexibility index (Phi) is 4.12. The number of carbonyl (C=O) groups is 2. The molecule has 4 nitrogen and oxygen atoms in total. The molecule has 0 aliphatic rings. The van der Waals surface area contributed by atoms with E-state index in [-0.39, 0.29) is 17.4 Å². The summed E-state index contributed by atoms with van der Waals surface area (Å²) in [6, 6.07) is 6.08. The summed E-state index contributed by atoms with van der Waals surface area (Å²) in [5, 5.41) is 11.5. The number of nitrogens with one attached hydrogen (secondary N) is 1. The molecule has 0 radical (unpaired) electrons. The Hall–Kier alpha value is -1.55. The third kappa shape index (κ3) is 3.46. The predicted molar refractivity (Wildman–Crippen MR) is 66.5 cm³/mol. The predicted octanol–water partition coefficient (Wildman–Crippen LogP) is 2.59. The van der Waals surface area contributed by atoms with Crippen molar-refractivity contribution in [3.63, 3.8) is 0 Å². The van der Waals surface area contributed by atoms with Gasteiger partial charge in [-0.05, 0) is 32.0 Å². The number of carbonyl (C=O) groups excluding carboxylic acids is 1. The summed E-state index contributed by atoms with van der Waals surface area (Å²) in [6.07, 6.45) is 0. The van der Waals surface area contributed by atoms with E-state index in [2.05, 4.69) is 5.32 Å². The smallest absolute Gasteiger partial charge is 0.335 e. The highest BCUT2D eigenvalue weighted by Crippen LogP contribution is 2.20. The first-order valence-corrected chi connectivity index (χ1v) is 5.61. The number of amides is 1. The molecule has 0 saturated carbocycles. The second-order valence-corrected chi connectivity index (χ2v) is 4.62. The van der Waals surface area contributed by atoms with Gasteiger partial charge < -0.3 is 10.4 Å². The van der Waals surface area contributed by atoms with Crippen LogP contribution in [0.1, 0.15) is 24.2 Å². The molecule has 2 N–H and O–H groups in total. The maximum Gasteiger partial charge on any atom is 0.335 e. The molecule has 5 heteroatoms. The maximum absolute atomic E-state index is 11.8. The minimum atomic E-state index is -1.03. The quantitative estimate of drug-likeness (QED) is 0.813. The van der Waals surface area contributed by atoms with Gasteiger partial charge in [0, 0.05) is 11.6 Å². The third-order valence-corrected chi connectivity index (χ3v) is 2.98. The normalized spacial score (nSPS) is 11.0. The molecular formula is C12H14ClNO3. The molecule has 1 amide bonds. The lowest BCUT2D eigenvalue weighted by Crippen LogP contribution is -2.32. The monoisotopic (exact) mass is 255 g/mol. The van der Waals surface area contributed by atoms with Crippen LogP contribution in [0.2, 0.25) is 0 Å². The minimum Gasteiger partial charge on any atom is -0.478 e. The lowest BCUT2D eigenvalue weighted by atomic mass is 9.95. The SMILES string of the molecule is CC(C)(CCl)C(=O)Nc1cccc(C(=O)O)c1. The molecule has 0 unspecified atom stereocenters. The fourth-order valence-electron chi connectivity index (χ4n) is 1.09. The number of alkyl halides is 1. The standard InChI is InChI=1S/C12H14ClNO3/c1-12(2,7-13)11(17)14-9-5-3-4-8(6-9)10(15)16/h3-6H,7H2,1-2H3,(H,14,17)(H,15,16). The number of carboxylic acids is 1. The Bertz CT molecular complexity index is 443. The molecule has 1 aromatic carbocycles. The Balaban J connectivity index is 2.86. The number of hydrogen-bond donors (Lipinski definition) is 2. The molecule has 0 fully saturated rings. The van der Waals surface area contributed by atoms with Gasteiger partial charge in [0.05, 0.1) is 11.0 Å². The molecular weight excluding hydrogens is 242 g/mol. The molecule has 0 bridgehead atoms. The van der Waals surface area contributed by atoms with Gasteiger partial charge in [-0.15, -0.1) is 11.6 Å². The number of hydrogen-bond acceptors (Lipinski definition) is 2. The molecule has 0 aliphatic carbocycles. The van der Waals surface area contributed by atoms with Gasteiger partial charge >= 0.3 is 5.97 Å².